The molecule has 0 amide bonds. The molecule has 1 atom stereocenters. The van der Waals surface area contributed by atoms with Crippen LogP contribution in [0.5, 0.6) is 5.75 Å². The van der Waals surface area contributed by atoms with Gasteiger partial charge in [0.1, 0.15) is 18.2 Å². The molecule has 1 unspecified atom stereocenters. The van der Waals surface area contributed by atoms with Crippen molar-refractivity contribution >= 4 is 0 Å². The van der Waals surface area contributed by atoms with Crippen LogP contribution in [0, 0.1) is 11.7 Å². The maximum atomic E-state index is 13.0. The average molecular weight is 280 g/mol. The fourth-order valence-electron chi connectivity index (χ4n) is 2.75. The SMILES string of the molecule is CC(C)N1CCC(C(N)COc2cccc(F)c2)CC1. The van der Waals surface area contributed by atoms with Crippen LogP contribution >= 0.6 is 0 Å². The lowest BCUT2D eigenvalue weighted by Crippen LogP contribution is -2.45. The second-order valence-electron chi connectivity index (χ2n) is 5.90. The number of halogens is 1. The first-order valence-electron chi connectivity index (χ1n) is 7.44. The van der Waals surface area contributed by atoms with Crippen LogP contribution in [-0.4, -0.2) is 36.7 Å². The van der Waals surface area contributed by atoms with E-state index in [4.69, 9.17) is 10.5 Å². The van der Waals surface area contributed by atoms with E-state index < -0.39 is 0 Å². The van der Waals surface area contributed by atoms with Gasteiger partial charge in [-0.3, -0.25) is 0 Å². The molecule has 0 spiro atoms. The van der Waals surface area contributed by atoms with Gasteiger partial charge in [0.15, 0.2) is 0 Å². The van der Waals surface area contributed by atoms with Crippen molar-refractivity contribution in [2.75, 3.05) is 19.7 Å². The van der Waals surface area contributed by atoms with E-state index in [9.17, 15) is 4.39 Å². The van der Waals surface area contributed by atoms with Gasteiger partial charge in [0.2, 0.25) is 0 Å². The van der Waals surface area contributed by atoms with Crippen molar-refractivity contribution in [1.82, 2.24) is 4.90 Å². The minimum absolute atomic E-state index is 0.0209. The average Bonchev–Trinajstić information content (AvgIpc) is 2.45. The van der Waals surface area contributed by atoms with E-state index in [1.54, 1.807) is 12.1 Å². The number of rotatable bonds is 5. The van der Waals surface area contributed by atoms with Crippen molar-refractivity contribution in [3.63, 3.8) is 0 Å². The molecule has 3 nitrogen and oxygen atoms in total. The lowest BCUT2D eigenvalue weighted by Gasteiger charge is -2.36. The van der Waals surface area contributed by atoms with Crippen molar-refractivity contribution in [2.45, 2.75) is 38.8 Å². The molecule has 1 aromatic carbocycles. The fraction of sp³-hybridized carbons (Fsp3) is 0.625. The van der Waals surface area contributed by atoms with Crippen LogP contribution in [-0.2, 0) is 0 Å². The molecular formula is C16H25FN2O. The predicted molar refractivity (Wildman–Crippen MR) is 79.3 cm³/mol. The smallest absolute Gasteiger partial charge is 0.126 e. The number of hydrogen-bond acceptors (Lipinski definition) is 3. The molecule has 0 bridgehead atoms. The molecular weight excluding hydrogens is 255 g/mol. The molecule has 2 rings (SSSR count). The standard InChI is InChI=1S/C16H25FN2O/c1-12(2)19-8-6-13(7-9-19)16(18)11-20-15-5-3-4-14(17)10-15/h3-5,10,12-13,16H,6-9,11,18H2,1-2H3. The highest BCUT2D eigenvalue weighted by Crippen LogP contribution is 2.22. The topological polar surface area (TPSA) is 38.5 Å². The lowest BCUT2D eigenvalue weighted by molar-refractivity contribution is 0.123. The molecule has 1 fully saturated rings. The zero-order valence-electron chi connectivity index (χ0n) is 12.4. The van der Waals surface area contributed by atoms with Gasteiger partial charge in [-0.1, -0.05) is 6.07 Å². The summed E-state index contributed by atoms with van der Waals surface area (Å²) in [6.45, 7) is 7.13. The van der Waals surface area contributed by atoms with Crippen molar-refractivity contribution in [2.24, 2.45) is 11.7 Å². The largest absolute Gasteiger partial charge is 0.492 e. The molecule has 1 aromatic rings. The summed E-state index contributed by atoms with van der Waals surface area (Å²) >= 11 is 0. The van der Waals surface area contributed by atoms with Gasteiger partial charge in [0.25, 0.3) is 0 Å². The summed E-state index contributed by atoms with van der Waals surface area (Å²) < 4.78 is 18.6. The Hall–Kier alpha value is -1.13. The molecule has 0 radical (unpaired) electrons. The molecule has 2 N–H and O–H groups in total. The third-order valence-electron chi connectivity index (χ3n) is 4.15. The number of likely N-dealkylation sites (tertiary alicyclic amines) is 1. The monoisotopic (exact) mass is 280 g/mol. The second kappa shape index (κ2) is 7.04. The summed E-state index contributed by atoms with van der Waals surface area (Å²) in [7, 11) is 0. The van der Waals surface area contributed by atoms with E-state index in [-0.39, 0.29) is 11.9 Å². The van der Waals surface area contributed by atoms with Gasteiger partial charge >= 0.3 is 0 Å². The molecule has 0 aliphatic carbocycles. The van der Waals surface area contributed by atoms with Crippen molar-refractivity contribution in [3.8, 4) is 5.75 Å². The normalized spacial score (nSPS) is 19.2. The number of nitrogens with zero attached hydrogens (tertiary/aromatic N) is 1. The van der Waals surface area contributed by atoms with Gasteiger partial charge in [-0.2, -0.15) is 0 Å². The highest BCUT2D eigenvalue weighted by Gasteiger charge is 2.25. The van der Waals surface area contributed by atoms with Gasteiger partial charge in [0, 0.05) is 18.2 Å². The Balaban J connectivity index is 1.77. The van der Waals surface area contributed by atoms with E-state index >= 15 is 0 Å². The molecule has 1 heterocycles. The minimum atomic E-state index is -0.277. The number of ether oxygens (including phenoxy) is 1. The van der Waals surface area contributed by atoms with Crippen molar-refractivity contribution < 1.29 is 9.13 Å². The van der Waals surface area contributed by atoms with Gasteiger partial charge < -0.3 is 15.4 Å². The van der Waals surface area contributed by atoms with Crippen molar-refractivity contribution in [1.29, 1.82) is 0 Å². The molecule has 4 heteroatoms. The Labute approximate surface area is 120 Å². The van der Waals surface area contributed by atoms with Crippen LogP contribution in [0.3, 0.4) is 0 Å². The van der Waals surface area contributed by atoms with Crippen LogP contribution in [0.1, 0.15) is 26.7 Å². The number of nitrogens with two attached hydrogens (primary N) is 1. The Morgan fingerprint density at radius 1 is 1.35 bits per heavy atom. The zero-order chi connectivity index (χ0) is 14.5. The quantitative estimate of drug-likeness (QED) is 0.901. The van der Waals surface area contributed by atoms with E-state index in [0.717, 1.165) is 25.9 Å². The van der Waals surface area contributed by atoms with Crippen LogP contribution in [0.4, 0.5) is 4.39 Å². The van der Waals surface area contributed by atoms with Gasteiger partial charge in [-0.25, -0.2) is 4.39 Å². The summed E-state index contributed by atoms with van der Waals surface area (Å²) in [6, 6.07) is 6.85. The first-order valence-corrected chi connectivity index (χ1v) is 7.44. The van der Waals surface area contributed by atoms with Crippen LogP contribution in [0.15, 0.2) is 24.3 Å². The number of hydrogen-bond donors (Lipinski definition) is 1. The molecule has 0 aromatic heterocycles. The Kier molecular flexibility index (Phi) is 5.38. The Bertz CT molecular complexity index is 417. The summed E-state index contributed by atoms with van der Waals surface area (Å²) in [5.41, 5.74) is 6.22. The highest BCUT2D eigenvalue weighted by atomic mass is 19.1. The third kappa shape index (κ3) is 4.18. The van der Waals surface area contributed by atoms with Gasteiger partial charge in [-0.15, -0.1) is 0 Å². The van der Waals surface area contributed by atoms with Gasteiger partial charge in [0.05, 0.1) is 0 Å². The van der Waals surface area contributed by atoms with Gasteiger partial charge in [-0.05, 0) is 57.8 Å². The van der Waals surface area contributed by atoms with E-state index in [1.807, 2.05) is 0 Å². The third-order valence-corrected chi connectivity index (χ3v) is 4.15. The summed E-state index contributed by atoms with van der Waals surface area (Å²) in [6.07, 6.45) is 2.23. The first-order chi connectivity index (χ1) is 9.56. The van der Waals surface area contributed by atoms with Crippen LogP contribution in [0.2, 0.25) is 0 Å². The molecule has 1 saturated heterocycles. The van der Waals surface area contributed by atoms with Crippen LogP contribution < -0.4 is 10.5 Å². The molecule has 0 saturated carbocycles. The summed E-state index contributed by atoms with van der Waals surface area (Å²) in [4.78, 5) is 2.48. The maximum absolute atomic E-state index is 13.0. The Morgan fingerprint density at radius 2 is 2.05 bits per heavy atom. The second-order valence-corrected chi connectivity index (χ2v) is 5.90. The Morgan fingerprint density at radius 3 is 2.65 bits per heavy atom. The minimum Gasteiger partial charge on any atom is -0.492 e. The van der Waals surface area contributed by atoms with E-state index in [2.05, 4.69) is 18.7 Å². The maximum Gasteiger partial charge on any atom is 0.126 e. The van der Waals surface area contributed by atoms with Crippen molar-refractivity contribution in [3.05, 3.63) is 30.1 Å². The van der Waals surface area contributed by atoms with E-state index in [0.29, 0.717) is 24.3 Å². The van der Waals surface area contributed by atoms with E-state index in [1.165, 1.54) is 12.1 Å². The zero-order valence-corrected chi connectivity index (χ0v) is 12.4. The molecule has 1 aliphatic heterocycles. The fourth-order valence-corrected chi connectivity index (χ4v) is 2.75. The molecule has 20 heavy (non-hydrogen) atoms. The first kappa shape index (κ1) is 15.3. The number of benzene rings is 1. The predicted octanol–water partition coefficient (Wildman–Crippen LogP) is 2.65. The molecule has 112 valence electrons. The lowest BCUT2D eigenvalue weighted by atomic mass is 9.90. The summed E-state index contributed by atoms with van der Waals surface area (Å²) in [5, 5.41) is 0. The molecule has 1 aliphatic rings. The highest BCUT2D eigenvalue weighted by molar-refractivity contribution is 5.22. The number of piperidine rings is 1. The van der Waals surface area contributed by atoms with Crippen LogP contribution in [0.25, 0.3) is 0 Å². The summed E-state index contributed by atoms with van der Waals surface area (Å²) in [5.74, 6) is 0.778.